The summed E-state index contributed by atoms with van der Waals surface area (Å²) in [7, 11) is -3.96. The lowest BCUT2D eigenvalue weighted by Gasteiger charge is -2.26. The maximum absolute atomic E-state index is 12.7. The fraction of sp³-hybridized carbons (Fsp3) is 0.911. The minimum absolute atomic E-state index is 0.175. The number of likely N-dealkylation sites (tertiary alicyclic amines) is 1. The first-order valence-corrected chi connectivity index (χ1v) is 24.4. The average molecular weight is 769 g/mol. The van der Waals surface area contributed by atoms with Gasteiger partial charge in [-0.25, -0.2) is 13.6 Å². The third kappa shape index (κ3) is 33.1. The van der Waals surface area contributed by atoms with Crippen LogP contribution in [0.5, 0.6) is 0 Å². The van der Waals surface area contributed by atoms with Gasteiger partial charge in [0.05, 0.1) is 13.2 Å². The third-order valence-corrected chi connectivity index (χ3v) is 11.7. The zero-order chi connectivity index (χ0) is 38.3. The number of unbranched alkanes of at least 4 members (excludes halogenated alkanes) is 24. The van der Waals surface area contributed by atoms with Crippen LogP contribution in [0.1, 0.15) is 206 Å². The van der Waals surface area contributed by atoms with Crippen LogP contribution in [0, 0.1) is 0 Å². The quantitative estimate of drug-likeness (QED) is 0.0492. The molecule has 0 radical (unpaired) electrons. The summed E-state index contributed by atoms with van der Waals surface area (Å²) in [5.41, 5.74) is -1.20. The molecule has 7 nitrogen and oxygen atoms in total. The second-order valence-corrected chi connectivity index (χ2v) is 17.4. The highest BCUT2D eigenvalue weighted by molar-refractivity contribution is 7.89. The molecule has 2 N–H and O–H groups in total. The third-order valence-electron chi connectivity index (χ3n) is 10.6. The molecule has 0 aliphatic carbocycles. The maximum Gasteiger partial charge on any atom is 0.239 e. The first kappa shape index (κ1) is 50.2. The molecule has 8 heteroatoms. The van der Waals surface area contributed by atoms with Crippen molar-refractivity contribution in [2.45, 2.75) is 218 Å². The van der Waals surface area contributed by atoms with E-state index in [1.54, 1.807) is 0 Å². The van der Waals surface area contributed by atoms with Crippen molar-refractivity contribution < 1.29 is 22.6 Å². The summed E-state index contributed by atoms with van der Waals surface area (Å²) in [5.74, 6) is 0. The zero-order valence-electron chi connectivity index (χ0n) is 35.1. The van der Waals surface area contributed by atoms with Gasteiger partial charge < -0.3 is 19.1 Å². The minimum atomic E-state index is -3.96. The molecule has 1 aliphatic rings. The Morgan fingerprint density at radius 2 is 0.906 bits per heavy atom. The van der Waals surface area contributed by atoms with Gasteiger partial charge >= 0.3 is 0 Å². The van der Waals surface area contributed by atoms with Crippen molar-refractivity contribution in [1.82, 2.24) is 4.90 Å². The van der Waals surface area contributed by atoms with E-state index < -0.39 is 21.6 Å². The lowest BCUT2D eigenvalue weighted by Crippen LogP contribution is -2.45. The summed E-state index contributed by atoms with van der Waals surface area (Å²) in [5, 5.41) is 5.72. The van der Waals surface area contributed by atoms with Crippen molar-refractivity contribution in [1.29, 1.82) is 0 Å². The number of nitrogens with zero attached hydrogens (tertiary/aromatic N) is 1. The van der Waals surface area contributed by atoms with Gasteiger partial charge in [-0.05, 0) is 90.1 Å². The lowest BCUT2D eigenvalue weighted by atomic mass is 10.1. The van der Waals surface area contributed by atoms with Gasteiger partial charge in [0.15, 0.2) is 0 Å². The molecule has 314 valence electrons. The summed E-state index contributed by atoms with van der Waals surface area (Å²) in [6.45, 7) is 9.21. The molecule has 0 amide bonds. The Kier molecular flexibility index (Phi) is 36.1. The van der Waals surface area contributed by atoms with Gasteiger partial charge in [-0.15, -0.1) is 0 Å². The van der Waals surface area contributed by atoms with E-state index in [0.717, 1.165) is 51.7 Å². The Morgan fingerprint density at radius 3 is 1.32 bits per heavy atom. The van der Waals surface area contributed by atoms with E-state index in [-0.39, 0.29) is 6.61 Å². The van der Waals surface area contributed by atoms with Gasteiger partial charge in [0.2, 0.25) is 15.5 Å². The maximum atomic E-state index is 12.7. The summed E-state index contributed by atoms with van der Waals surface area (Å²) < 4.78 is 43.5. The lowest BCUT2D eigenvalue weighted by molar-refractivity contribution is -0.0781. The average Bonchev–Trinajstić information content (AvgIpc) is 3.67. The van der Waals surface area contributed by atoms with Crippen molar-refractivity contribution in [2.24, 2.45) is 5.14 Å². The molecule has 0 spiro atoms. The van der Waals surface area contributed by atoms with Crippen molar-refractivity contribution in [3.63, 3.8) is 0 Å². The number of nitrogens with two attached hydrogens (primary N) is 1. The van der Waals surface area contributed by atoms with E-state index in [1.807, 2.05) is 0 Å². The molecule has 0 aromatic carbocycles. The topological polar surface area (TPSA) is 91.1 Å². The summed E-state index contributed by atoms with van der Waals surface area (Å²) in [6.07, 6.45) is 45.9. The van der Waals surface area contributed by atoms with Crippen LogP contribution in [-0.2, 0) is 24.2 Å². The van der Waals surface area contributed by atoms with Crippen molar-refractivity contribution in [2.75, 3.05) is 46.1 Å². The van der Waals surface area contributed by atoms with Gasteiger partial charge in [0.1, 0.15) is 6.10 Å². The second kappa shape index (κ2) is 38.1. The van der Waals surface area contributed by atoms with Crippen LogP contribution in [-0.4, -0.2) is 70.9 Å². The number of allylic oxidation sites excluding steroid dienone is 4. The Labute approximate surface area is 330 Å². The first-order valence-electron chi connectivity index (χ1n) is 22.8. The van der Waals surface area contributed by atoms with Crippen molar-refractivity contribution in [3.8, 4) is 0 Å². The van der Waals surface area contributed by atoms with E-state index in [1.165, 1.54) is 161 Å². The van der Waals surface area contributed by atoms with Gasteiger partial charge in [-0.1, -0.05) is 154 Å². The molecule has 1 aliphatic heterocycles. The van der Waals surface area contributed by atoms with Gasteiger partial charge in [0.25, 0.3) is 0 Å². The predicted octanol–water partition coefficient (Wildman–Crippen LogP) is 12.2. The number of hydrogen-bond acceptors (Lipinski definition) is 6. The molecule has 53 heavy (non-hydrogen) atoms. The molecule has 0 bridgehead atoms. The van der Waals surface area contributed by atoms with Crippen LogP contribution < -0.4 is 5.14 Å². The van der Waals surface area contributed by atoms with Crippen molar-refractivity contribution >= 4 is 10.0 Å². The van der Waals surface area contributed by atoms with E-state index in [0.29, 0.717) is 19.8 Å². The molecule has 2 atom stereocenters. The molecule has 2 unspecified atom stereocenters. The van der Waals surface area contributed by atoms with Gasteiger partial charge in [0, 0.05) is 19.8 Å². The standard InChI is InChI=1S/C45H88N2O5S/c1-3-5-7-9-11-13-15-17-19-21-23-25-27-29-31-35-40-51-44(43-50-42-39-47-37-33-34-38-47)45(53(46,48)49)52-41-36-32-30-28-26-24-22-20-18-16-14-12-10-8-6-4-2/h17-20,44-45H,3-16,21-43H2,1-2H3,(H2,46,48,49)/b19-17-,20-18-. The van der Waals surface area contributed by atoms with Gasteiger partial charge in [-0.3, -0.25) is 0 Å². The molecular formula is C45H88N2O5S. The molecule has 0 saturated carbocycles. The zero-order valence-corrected chi connectivity index (χ0v) is 35.9. The molecule has 0 aromatic heterocycles. The Morgan fingerprint density at radius 1 is 0.528 bits per heavy atom. The smallest absolute Gasteiger partial charge is 0.239 e. The minimum Gasteiger partial charge on any atom is -0.377 e. The number of ether oxygens (including phenoxy) is 3. The summed E-state index contributed by atoms with van der Waals surface area (Å²) in [6, 6.07) is 0. The van der Waals surface area contributed by atoms with Crippen molar-refractivity contribution in [3.05, 3.63) is 24.3 Å². The molecule has 1 rings (SSSR count). The molecule has 1 saturated heterocycles. The van der Waals surface area contributed by atoms with Crippen LogP contribution in [0.15, 0.2) is 24.3 Å². The monoisotopic (exact) mass is 769 g/mol. The normalized spacial score (nSPS) is 15.4. The fourth-order valence-corrected chi connectivity index (χ4v) is 8.02. The van der Waals surface area contributed by atoms with Crippen LogP contribution in [0.25, 0.3) is 0 Å². The SMILES string of the molecule is CCCCCCCC/C=C\CCCCCCCCOC(COCCN1CCCC1)C(OCCCCCCCC/C=C\CCCCCCCC)S(N)(=O)=O. The van der Waals surface area contributed by atoms with E-state index in [2.05, 4.69) is 43.1 Å². The van der Waals surface area contributed by atoms with Crippen LogP contribution in [0.3, 0.4) is 0 Å². The van der Waals surface area contributed by atoms with Crippen LogP contribution in [0.4, 0.5) is 0 Å². The number of primary sulfonamides is 1. The number of sulfonamides is 1. The van der Waals surface area contributed by atoms with Crippen LogP contribution in [0.2, 0.25) is 0 Å². The van der Waals surface area contributed by atoms with E-state index in [4.69, 9.17) is 19.3 Å². The molecular weight excluding hydrogens is 681 g/mol. The predicted molar refractivity (Wildman–Crippen MR) is 228 cm³/mol. The summed E-state index contributed by atoms with van der Waals surface area (Å²) in [4.78, 5) is 2.39. The van der Waals surface area contributed by atoms with Gasteiger partial charge in [-0.2, -0.15) is 0 Å². The molecule has 1 fully saturated rings. The highest BCUT2D eigenvalue weighted by Crippen LogP contribution is 2.16. The highest BCUT2D eigenvalue weighted by Gasteiger charge is 2.33. The number of rotatable bonds is 41. The first-order chi connectivity index (χ1) is 26.0. The van der Waals surface area contributed by atoms with Crippen LogP contribution >= 0.6 is 0 Å². The second-order valence-electron chi connectivity index (χ2n) is 15.7. The van der Waals surface area contributed by atoms with E-state index >= 15 is 0 Å². The summed E-state index contributed by atoms with van der Waals surface area (Å²) >= 11 is 0. The molecule has 0 aromatic rings. The largest absolute Gasteiger partial charge is 0.377 e. The van der Waals surface area contributed by atoms with E-state index in [9.17, 15) is 8.42 Å². The molecule has 1 heterocycles. The Balaban J connectivity index is 2.27. The Bertz CT molecular complexity index is 922. The fourth-order valence-electron chi connectivity index (χ4n) is 7.15. The highest BCUT2D eigenvalue weighted by atomic mass is 32.2. The Hall–Kier alpha value is -0.770. The number of hydrogen-bond donors (Lipinski definition) is 1.